The van der Waals surface area contributed by atoms with Gasteiger partial charge in [0.15, 0.2) is 0 Å². The maximum atomic E-state index is 5.44. The number of benzene rings is 1. The topological polar surface area (TPSA) is 21.3 Å². The molecular formula is C15H25NOS. The third-order valence-electron chi connectivity index (χ3n) is 3.14. The summed E-state index contributed by atoms with van der Waals surface area (Å²) in [6.45, 7) is 6.56. The average molecular weight is 267 g/mol. The summed E-state index contributed by atoms with van der Waals surface area (Å²) in [6, 6.07) is 7.19. The monoisotopic (exact) mass is 267 g/mol. The summed E-state index contributed by atoms with van der Waals surface area (Å²) in [5.74, 6) is 2.17. The number of aryl methyl sites for hydroxylation is 1. The first-order valence-corrected chi connectivity index (χ1v) is 7.87. The molecule has 0 fully saturated rings. The van der Waals surface area contributed by atoms with Crippen LogP contribution in [0.25, 0.3) is 0 Å². The van der Waals surface area contributed by atoms with Gasteiger partial charge in [0.05, 0.1) is 7.11 Å². The van der Waals surface area contributed by atoms with Gasteiger partial charge in [-0.1, -0.05) is 17.7 Å². The van der Waals surface area contributed by atoms with Gasteiger partial charge in [-0.25, -0.2) is 0 Å². The average Bonchev–Trinajstić information content (AvgIpc) is 2.36. The van der Waals surface area contributed by atoms with Crippen molar-refractivity contribution in [2.24, 2.45) is 0 Å². The van der Waals surface area contributed by atoms with Crippen molar-refractivity contribution in [3.63, 3.8) is 0 Å². The Morgan fingerprint density at radius 2 is 2.06 bits per heavy atom. The van der Waals surface area contributed by atoms with E-state index in [1.165, 1.54) is 23.3 Å². The molecule has 0 aliphatic carbocycles. The van der Waals surface area contributed by atoms with Crippen LogP contribution in [0.5, 0.6) is 5.75 Å². The molecule has 0 aromatic heterocycles. The summed E-state index contributed by atoms with van der Waals surface area (Å²) < 4.78 is 5.44. The lowest BCUT2D eigenvalue weighted by Gasteiger charge is -2.22. The van der Waals surface area contributed by atoms with Crippen LogP contribution < -0.4 is 10.1 Å². The summed E-state index contributed by atoms with van der Waals surface area (Å²) in [4.78, 5) is 0. The first kappa shape index (κ1) is 15.4. The van der Waals surface area contributed by atoms with Gasteiger partial charge in [0.25, 0.3) is 0 Å². The molecule has 1 aromatic rings. The van der Waals surface area contributed by atoms with E-state index in [9.17, 15) is 0 Å². The molecule has 2 nitrogen and oxygen atoms in total. The summed E-state index contributed by atoms with van der Waals surface area (Å²) in [5, 5.41) is 3.64. The van der Waals surface area contributed by atoms with Crippen molar-refractivity contribution >= 4 is 11.8 Å². The second-order valence-corrected chi connectivity index (χ2v) is 5.80. The molecule has 0 aliphatic rings. The van der Waals surface area contributed by atoms with E-state index in [-0.39, 0.29) is 0 Å². The molecule has 0 bridgehead atoms. The highest BCUT2D eigenvalue weighted by Gasteiger charge is 2.13. The zero-order valence-corrected chi connectivity index (χ0v) is 12.9. The van der Waals surface area contributed by atoms with E-state index < -0.39 is 0 Å². The van der Waals surface area contributed by atoms with Crippen LogP contribution in [0, 0.1) is 6.92 Å². The fourth-order valence-electron chi connectivity index (χ4n) is 2.09. The molecule has 0 amide bonds. The van der Waals surface area contributed by atoms with Gasteiger partial charge in [-0.05, 0) is 45.3 Å². The van der Waals surface area contributed by atoms with Gasteiger partial charge in [-0.3, -0.25) is 0 Å². The highest BCUT2D eigenvalue weighted by Crippen LogP contribution is 2.26. The predicted octanol–water partition coefficient (Wildman–Crippen LogP) is 3.80. The minimum Gasteiger partial charge on any atom is -0.496 e. The number of hydrogen-bond acceptors (Lipinski definition) is 3. The van der Waals surface area contributed by atoms with Crippen LogP contribution in [0.2, 0.25) is 0 Å². The number of nitrogens with one attached hydrogen (secondary N) is 1. The Bertz CT molecular complexity index is 368. The first-order valence-electron chi connectivity index (χ1n) is 6.48. The smallest absolute Gasteiger partial charge is 0.123 e. The van der Waals surface area contributed by atoms with Crippen molar-refractivity contribution in [3.05, 3.63) is 29.3 Å². The van der Waals surface area contributed by atoms with Crippen molar-refractivity contribution < 1.29 is 4.74 Å². The summed E-state index contributed by atoms with van der Waals surface area (Å²) in [5.41, 5.74) is 2.52. The van der Waals surface area contributed by atoms with Crippen molar-refractivity contribution in [1.29, 1.82) is 0 Å². The minimum absolute atomic E-state index is 0.316. The van der Waals surface area contributed by atoms with Gasteiger partial charge in [-0.15, -0.1) is 0 Å². The first-order chi connectivity index (χ1) is 8.58. The van der Waals surface area contributed by atoms with E-state index in [0.29, 0.717) is 12.1 Å². The fraction of sp³-hybridized carbons (Fsp3) is 0.600. The van der Waals surface area contributed by atoms with Gasteiger partial charge in [-0.2, -0.15) is 11.8 Å². The number of hydrogen-bond donors (Lipinski definition) is 1. The Kier molecular flexibility index (Phi) is 6.58. The van der Waals surface area contributed by atoms with E-state index >= 15 is 0 Å². The summed E-state index contributed by atoms with van der Waals surface area (Å²) >= 11 is 1.90. The van der Waals surface area contributed by atoms with E-state index in [0.717, 1.165) is 5.75 Å². The summed E-state index contributed by atoms with van der Waals surface area (Å²) in [7, 11) is 1.73. The fourth-order valence-corrected chi connectivity index (χ4v) is 2.68. The quantitative estimate of drug-likeness (QED) is 0.812. The van der Waals surface area contributed by atoms with E-state index in [2.05, 4.69) is 50.5 Å². The Labute approximate surface area is 116 Å². The third-order valence-corrected chi connectivity index (χ3v) is 3.79. The van der Waals surface area contributed by atoms with Crippen LogP contribution in [0.1, 0.15) is 37.4 Å². The zero-order valence-electron chi connectivity index (χ0n) is 12.1. The Balaban J connectivity index is 2.70. The van der Waals surface area contributed by atoms with Crippen molar-refractivity contribution in [2.45, 2.75) is 39.3 Å². The largest absolute Gasteiger partial charge is 0.496 e. The predicted molar refractivity (Wildman–Crippen MR) is 81.7 cm³/mol. The molecule has 2 unspecified atom stereocenters. The molecule has 3 heteroatoms. The number of thioether (sulfide) groups is 1. The van der Waals surface area contributed by atoms with Crippen LogP contribution in [-0.2, 0) is 0 Å². The van der Waals surface area contributed by atoms with E-state index in [1.807, 2.05) is 11.8 Å². The molecule has 0 spiro atoms. The normalized spacial score (nSPS) is 14.3. The zero-order chi connectivity index (χ0) is 13.5. The molecule has 2 atom stereocenters. The lowest BCUT2D eigenvalue weighted by atomic mass is 10.0. The number of rotatable bonds is 7. The lowest BCUT2D eigenvalue weighted by Crippen LogP contribution is -2.29. The van der Waals surface area contributed by atoms with Crippen molar-refractivity contribution in [2.75, 3.05) is 19.1 Å². The van der Waals surface area contributed by atoms with Crippen molar-refractivity contribution in [1.82, 2.24) is 5.32 Å². The van der Waals surface area contributed by atoms with Gasteiger partial charge >= 0.3 is 0 Å². The highest BCUT2D eigenvalue weighted by atomic mass is 32.2. The van der Waals surface area contributed by atoms with Gasteiger partial charge in [0.2, 0.25) is 0 Å². The standard InChI is InChI=1S/C15H25NOS/c1-11-6-7-15(17-4)14(10-11)13(3)16-12(2)8-9-18-5/h6-7,10,12-13,16H,8-9H2,1-5H3. The SMILES string of the molecule is COc1ccc(C)cc1C(C)NC(C)CCSC. The van der Waals surface area contributed by atoms with Crippen molar-refractivity contribution in [3.8, 4) is 5.75 Å². The maximum Gasteiger partial charge on any atom is 0.123 e. The molecule has 0 saturated heterocycles. The molecule has 1 aromatic carbocycles. The van der Waals surface area contributed by atoms with Crippen LogP contribution in [0.3, 0.4) is 0 Å². The van der Waals surface area contributed by atoms with Gasteiger partial charge in [0.1, 0.15) is 5.75 Å². The second kappa shape index (κ2) is 7.70. The molecular weight excluding hydrogens is 242 g/mol. The minimum atomic E-state index is 0.316. The Hall–Kier alpha value is -0.670. The molecule has 0 radical (unpaired) electrons. The maximum absolute atomic E-state index is 5.44. The highest BCUT2D eigenvalue weighted by molar-refractivity contribution is 7.98. The van der Waals surface area contributed by atoms with E-state index in [4.69, 9.17) is 4.74 Å². The Morgan fingerprint density at radius 3 is 2.67 bits per heavy atom. The third kappa shape index (κ3) is 4.54. The van der Waals surface area contributed by atoms with Crippen LogP contribution in [0.15, 0.2) is 18.2 Å². The molecule has 102 valence electrons. The summed E-state index contributed by atoms with van der Waals surface area (Å²) in [6.07, 6.45) is 3.35. The Morgan fingerprint density at radius 1 is 1.33 bits per heavy atom. The van der Waals surface area contributed by atoms with E-state index in [1.54, 1.807) is 7.11 Å². The lowest BCUT2D eigenvalue weighted by molar-refractivity contribution is 0.394. The molecule has 1 N–H and O–H groups in total. The second-order valence-electron chi connectivity index (χ2n) is 4.82. The number of ether oxygens (including phenoxy) is 1. The molecule has 18 heavy (non-hydrogen) atoms. The van der Waals surface area contributed by atoms with Crippen LogP contribution in [-0.4, -0.2) is 25.2 Å². The molecule has 0 heterocycles. The van der Waals surface area contributed by atoms with Gasteiger partial charge < -0.3 is 10.1 Å². The number of methoxy groups -OCH3 is 1. The van der Waals surface area contributed by atoms with Crippen LogP contribution >= 0.6 is 11.8 Å². The molecule has 0 saturated carbocycles. The molecule has 1 rings (SSSR count). The van der Waals surface area contributed by atoms with Gasteiger partial charge in [0, 0.05) is 17.6 Å². The molecule has 0 aliphatic heterocycles. The van der Waals surface area contributed by atoms with Crippen LogP contribution in [0.4, 0.5) is 0 Å².